The second-order valence-electron chi connectivity index (χ2n) is 4.94. The maximum atomic E-state index is 4.56. The zero-order valence-electron chi connectivity index (χ0n) is 9.98. The number of aromatic nitrogens is 1. The number of hydrogen-bond acceptors (Lipinski definition) is 3. The third-order valence-electron chi connectivity index (χ3n) is 3.87. The molecular formula is C13H18BrN3. The summed E-state index contributed by atoms with van der Waals surface area (Å²) in [6.45, 7) is 4.78. The largest absolute Gasteiger partial charge is 0.354 e. The van der Waals surface area contributed by atoms with Crippen LogP contribution in [0.3, 0.4) is 0 Å². The van der Waals surface area contributed by atoms with Gasteiger partial charge in [0.1, 0.15) is 5.82 Å². The van der Waals surface area contributed by atoms with E-state index in [1.165, 1.54) is 31.5 Å². The molecule has 92 valence electrons. The van der Waals surface area contributed by atoms with Crippen molar-refractivity contribution in [1.82, 2.24) is 9.88 Å². The Balaban J connectivity index is 1.71. The molecule has 1 unspecified atom stereocenters. The number of anilines is 1. The molecule has 0 N–H and O–H groups in total. The van der Waals surface area contributed by atoms with Crippen LogP contribution in [0.5, 0.6) is 0 Å². The van der Waals surface area contributed by atoms with E-state index in [-0.39, 0.29) is 0 Å². The monoisotopic (exact) mass is 295 g/mol. The minimum atomic E-state index is 0.765. The van der Waals surface area contributed by atoms with Gasteiger partial charge in [-0.15, -0.1) is 0 Å². The molecule has 0 saturated carbocycles. The summed E-state index contributed by atoms with van der Waals surface area (Å²) < 4.78 is 0. The van der Waals surface area contributed by atoms with Gasteiger partial charge in [0.25, 0.3) is 0 Å². The smallest absolute Gasteiger partial charge is 0.128 e. The van der Waals surface area contributed by atoms with Crippen molar-refractivity contribution in [2.45, 2.75) is 24.2 Å². The fraction of sp³-hybridized carbons (Fsp3) is 0.615. The lowest BCUT2D eigenvalue weighted by atomic mass is 10.1. The van der Waals surface area contributed by atoms with Crippen LogP contribution in [0.4, 0.5) is 5.82 Å². The van der Waals surface area contributed by atoms with Crippen LogP contribution in [0, 0.1) is 0 Å². The van der Waals surface area contributed by atoms with Gasteiger partial charge in [0, 0.05) is 37.2 Å². The molecule has 3 nitrogen and oxygen atoms in total. The number of nitrogens with zero attached hydrogens (tertiary/aromatic N) is 3. The van der Waals surface area contributed by atoms with Gasteiger partial charge in [-0.25, -0.2) is 4.98 Å². The van der Waals surface area contributed by atoms with Gasteiger partial charge >= 0.3 is 0 Å². The summed E-state index contributed by atoms with van der Waals surface area (Å²) in [6.07, 6.45) is 4.70. The molecule has 2 aliphatic rings. The van der Waals surface area contributed by atoms with E-state index in [0.29, 0.717) is 0 Å². The normalized spacial score (nSPS) is 25.0. The van der Waals surface area contributed by atoms with Crippen molar-refractivity contribution in [2.24, 2.45) is 0 Å². The van der Waals surface area contributed by atoms with Crippen LogP contribution in [0.25, 0.3) is 0 Å². The zero-order valence-corrected chi connectivity index (χ0v) is 11.6. The molecule has 1 atom stereocenters. The Kier molecular flexibility index (Phi) is 3.34. The van der Waals surface area contributed by atoms with Gasteiger partial charge < -0.3 is 4.90 Å². The lowest BCUT2D eigenvalue weighted by molar-refractivity contribution is 0.230. The highest BCUT2D eigenvalue weighted by Crippen LogP contribution is 2.24. The number of hydrogen-bond donors (Lipinski definition) is 0. The summed E-state index contributed by atoms with van der Waals surface area (Å²) in [5, 5.41) is 0.886. The molecule has 1 aromatic heterocycles. The van der Waals surface area contributed by atoms with Gasteiger partial charge in [0.15, 0.2) is 0 Å². The van der Waals surface area contributed by atoms with Crippen LogP contribution in [0.15, 0.2) is 18.3 Å². The molecule has 0 aromatic carbocycles. The van der Waals surface area contributed by atoms with Gasteiger partial charge in [0.05, 0.1) is 0 Å². The molecule has 4 heteroatoms. The van der Waals surface area contributed by atoms with Crippen LogP contribution in [0.1, 0.15) is 18.4 Å². The van der Waals surface area contributed by atoms with Crippen molar-refractivity contribution in [1.29, 1.82) is 0 Å². The van der Waals surface area contributed by atoms with Crippen molar-refractivity contribution in [3.8, 4) is 0 Å². The van der Waals surface area contributed by atoms with Crippen LogP contribution >= 0.6 is 15.9 Å². The van der Waals surface area contributed by atoms with E-state index >= 15 is 0 Å². The van der Waals surface area contributed by atoms with Gasteiger partial charge in [-0.2, -0.15) is 0 Å². The average Bonchev–Trinajstić information content (AvgIpc) is 2.86. The second-order valence-corrected chi connectivity index (χ2v) is 5.50. The maximum Gasteiger partial charge on any atom is 0.128 e. The Morgan fingerprint density at radius 2 is 2.24 bits per heavy atom. The molecule has 2 saturated heterocycles. The van der Waals surface area contributed by atoms with Crippen LogP contribution in [0.2, 0.25) is 0 Å². The number of rotatable bonds is 2. The molecule has 2 aliphatic heterocycles. The van der Waals surface area contributed by atoms with Crippen LogP contribution < -0.4 is 4.90 Å². The zero-order chi connectivity index (χ0) is 11.7. The molecule has 0 bridgehead atoms. The molecule has 17 heavy (non-hydrogen) atoms. The molecule has 2 fully saturated rings. The number of piperazine rings is 1. The predicted molar refractivity (Wildman–Crippen MR) is 73.7 cm³/mol. The summed E-state index contributed by atoms with van der Waals surface area (Å²) in [6, 6.07) is 5.08. The molecule has 0 aliphatic carbocycles. The molecule has 3 rings (SSSR count). The third kappa shape index (κ3) is 2.33. The first kappa shape index (κ1) is 11.5. The fourth-order valence-corrected chi connectivity index (χ4v) is 3.21. The summed E-state index contributed by atoms with van der Waals surface area (Å²) in [5.41, 5.74) is 1.24. The number of alkyl halides is 1. The summed E-state index contributed by atoms with van der Waals surface area (Å²) in [7, 11) is 0. The number of pyridine rings is 1. The Morgan fingerprint density at radius 3 is 3.00 bits per heavy atom. The lowest BCUT2D eigenvalue weighted by Crippen LogP contribution is -2.50. The minimum Gasteiger partial charge on any atom is -0.354 e. The fourth-order valence-electron chi connectivity index (χ4n) is 2.88. The highest BCUT2D eigenvalue weighted by Gasteiger charge is 2.30. The average molecular weight is 296 g/mol. The van der Waals surface area contributed by atoms with Crippen molar-refractivity contribution in [2.75, 3.05) is 31.1 Å². The standard InChI is InChI=1S/C13H18BrN3/c14-8-11-3-4-13(15-9-11)17-7-6-16-5-1-2-12(16)10-17/h3-4,9,12H,1-2,5-8,10H2. The van der Waals surface area contributed by atoms with Crippen molar-refractivity contribution in [3.63, 3.8) is 0 Å². The summed E-state index contributed by atoms with van der Waals surface area (Å²) >= 11 is 3.45. The highest BCUT2D eigenvalue weighted by atomic mass is 79.9. The lowest BCUT2D eigenvalue weighted by Gasteiger charge is -2.38. The van der Waals surface area contributed by atoms with Crippen molar-refractivity contribution in [3.05, 3.63) is 23.9 Å². The van der Waals surface area contributed by atoms with E-state index in [2.05, 4.69) is 42.8 Å². The first-order valence-corrected chi connectivity index (χ1v) is 7.49. The Morgan fingerprint density at radius 1 is 1.29 bits per heavy atom. The van der Waals surface area contributed by atoms with Gasteiger partial charge in [0.2, 0.25) is 0 Å². The van der Waals surface area contributed by atoms with Crippen LogP contribution in [-0.2, 0) is 5.33 Å². The molecule has 0 spiro atoms. The Bertz CT molecular complexity index is 379. The van der Waals surface area contributed by atoms with Crippen molar-refractivity contribution < 1.29 is 0 Å². The quantitative estimate of drug-likeness (QED) is 0.780. The van der Waals surface area contributed by atoms with E-state index in [4.69, 9.17) is 0 Å². The number of halogens is 1. The second kappa shape index (κ2) is 4.94. The topological polar surface area (TPSA) is 19.4 Å². The summed E-state index contributed by atoms with van der Waals surface area (Å²) in [5.74, 6) is 1.14. The van der Waals surface area contributed by atoms with E-state index < -0.39 is 0 Å². The first-order chi connectivity index (χ1) is 8.36. The number of fused-ring (bicyclic) bond motifs is 1. The molecule has 3 heterocycles. The van der Waals surface area contributed by atoms with Crippen molar-refractivity contribution >= 4 is 21.7 Å². The predicted octanol–water partition coefficient (Wildman–Crippen LogP) is 2.26. The Labute approximate surface area is 111 Å². The summed E-state index contributed by atoms with van der Waals surface area (Å²) in [4.78, 5) is 9.63. The van der Waals surface area contributed by atoms with E-state index in [1.807, 2.05) is 6.20 Å². The molecule has 0 amide bonds. The van der Waals surface area contributed by atoms with Gasteiger partial charge in [-0.05, 0) is 31.0 Å². The molecule has 0 radical (unpaired) electrons. The van der Waals surface area contributed by atoms with Gasteiger partial charge in [-0.1, -0.05) is 22.0 Å². The van der Waals surface area contributed by atoms with E-state index in [0.717, 1.165) is 30.3 Å². The molecule has 1 aromatic rings. The van der Waals surface area contributed by atoms with E-state index in [1.54, 1.807) is 0 Å². The third-order valence-corrected chi connectivity index (χ3v) is 4.52. The SMILES string of the molecule is BrCc1ccc(N2CCN3CCCC3C2)nc1. The maximum absolute atomic E-state index is 4.56. The Hall–Kier alpha value is -0.610. The van der Waals surface area contributed by atoms with E-state index in [9.17, 15) is 0 Å². The minimum absolute atomic E-state index is 0.765. The highest BCUT2D eigenvalue weighted by molar-refractivity contribution is 9.08. The van der Waals surface area contributed by atoms with Gasteiger partial charge in [-0.3, -0.25) is 4.90 Å². The first-order valence-electron chi connectivity index (χ1n) is 6.37. The van der Waals surface area contributed by atoms with Crippen LogP contribution in [-0.4, -0.2) is 42.1 Å². The molecular weight excluding hydrogens is 278 g/mol.